The van der Waals surface area contributed by atoms with Gasteiger partial charge in [0.05, 0.1) is 5.56 Å². The molecule has 0 aliphatic rings. The molecule has 0 bridgehead atoms. The summed E-state index contributed by atoms with van der Waals surface area (Å²) in [6, 6.07) is 6.69. The van der Waals surface area contributed by atoms with Gasteiger partial charge in [-0.15, -0.1) is 10.2 Å². The summed E-state index contributed by atoms with van der Waals surface area (Å²) in [5.74, 6) is -0.948. The van der Waals surface area contributed by atoms with Gasteiger partial charge in [0.2, 0.25) is 0 Å². The number of hydrogen-bond acceptors (Lipinski definition) is 5. The monoisotopic (exact) mass is 272 g/mol. The van der Waals surface area contributed by atoms with E-state index in [1.165, 1.54) is 11.8 Å². The maximum Gasteiger partial charge on any atom is 0.335 e. The molecule has 2 aromatic heterocycles. The van der Waals surface area contributed by atoms with Gasteiger partial charge in [0, 0.05) is 17.3 Å². The van der Waals surface area contributed by atoms with Gasteiger partial charge in [-0.25, -0.2) is 9.78 Å². The Morgan fingerprint density at radius 2 is 2.26 bits per heavy atom. The van der Waals surface area contributed by atoms with Crippen molar-refractivity contribution in [2.75, 3.05) is 0 Å². The summed E-state index contributed by atoms with van der Waals surface area (Å²) in [6.07, 6.45) is 5.00. The van der Waals surface area contributed by atoms with Crippen LogP contribution in [0.25, 0.3) is 5.65 Å². The van der Waals surface area contributed by atoms with E-state index in [0.717, 1.165) is 4.90 Å². The third-order valence-corrected chi connectivity index (χ3v) is 3.45. The highest BCUT2D eigenvalue weighted by Crippen LogP contribution is 2.28. The number of aromatic nitrogens is 4. The highest BCUT2D eigenvalue weighted by Gasteiger charge is 2.09. The van der Waals surface area contributed by atoms with Gasteiger partial charge in [-0.2, -0.15) is 0 Å². The van der Waals surface area contributed by atoms with Gasteiger partial charge in [-0.05, 0) is 18.2 Å². The number of hydrogen-bond donors (Lipinski definition) is 1. The second-order valence-corrected chi connectivity index (χ2v) is 4.79. The van der Waals surface area contributed by atoms with Crippen LogP contribution in [0.1, 0.15) is 10.4 Å². The molecule has 3 aromatic rings. The van der Waals surface area contributed by atoms with E-state index in [1.807, 2.05) is 6.07 Å². The highest BCUT2D eigenvalue weighted by molar-refractivity contribution is 7.99. The molecule has 0 aliphatic carbocycles. The fraction of sp³-hybridized carbons (Fsp3) is 0. The average molecular weight is 272 g/mol. The minimum absolute atomic E-state index is 0.249. The lowest BCUT2D eigenvalue weighted by Crippen LogP contribution is -1.95. The molecule has 19 heavy (non-hydrogen) atoms. The third-order valence-electron chi connectivity index (χ3n) is 2.48. The molecule has 3 rings (SSSR count). The molecule has 0 saturated heterocycles. The first-order chi connectivity index (χ1) is 9.24. The summed E-state index contributed by atoms with van der Waals surface area (Å²) in [4.78, 5) is 16.0. The van der Waals surface area contributed by atoms with Crippen LogP contribution in [0.15, 0.2) is 52.9 Å². The van der Waals surface area contributed by atoms with Gasteiger partial charge < -0.3 is 5.11 Å². The minimum atomic E-state index is -0.948. The zero-order chi connectivity index (χ0) is 13.2. The van der Waals surface area contributed by atoms with Gasteiger partial charge in [0.25, 0.3) is 0 Å². The number of benzene rings is 1. The van der Waals surface area contributed by atoms with Crippen molar-refractivity contribution in [1.82, 2.24) is 19.6 Å². The van der Waals surface area contributed by atoms with Crippen molar-refractivity contribution in [3.05, 3.63) is 48.5 Å². The Balaban J connectivity index is 1.99. The maximum atomic E-state index is 10.9. The van der Waals surface area contributed by atoms with Crippen molar-refractivity contribution in [3.63, 3.8) is 0 Å². The van der Waals surface area contributed by atoms with E-state index >= 15 is 0 Å². The lowest BCUT2D eigenvalue weighted by molar-refractivity contribution is 0.0696. The van der Waals surface area contributed by atoms with Gasteiger partial charge in [0.1, 0.15) is 11.4 Å². The maximum absolute atomic E-state index is 10.9. The van der Waals surface area contributed by atoms with Crippen molar-refractivity contribution in [2.24, 2.45) is 0 Å². The number of rotatable bonds is 3. The van der Waals surface area contributed by atoms with Crippen LogP contribution in [-0.2, 0) is 0 Å². The van der Waals surface area contributed by atoms with Crippen molar-refractivity contribution < 1.29 is 9.90 Å². The zero-order valence-corrected chi connectivity index (χ0v) is 10.4. The fourth-order valence-electron chi connectivity index (χ4n) is 1.61. The topological polar surface area (TPSA) is 80.4 Å². The molecule has 1 aromatic carbocycles. The molecule has 7 heteroatoms. The molecule has 0 fully saturated rings. The minimum Gasteiger partial charge on any atom is -0.478 e. The number of fused-ring (bicyclic) bond motifs is 1. The number of carboxylic acids is 1. The number of nitrogens with zero attached hydrogens (tertiary/aromatic N) is 4. The van der Waals surface area contributed by atoms with Crippen LogP contribution in [0.5, 0.6) is 0 Å². The number of carbonyl (C=O) groups is 1. The van der Waals surface area contributed by atoms with Gasteiger partial charge in [0.15, 0.2) is 5.65 Å². The van der Waals surface area contributed by atoms with Crippen molar-refractivity contribution in [1.29, 1.82) is 0 Å². The fourth-order valence-corrected chi connectivity index (χ4v) is 2.52. The van der Waals surface area contributed by atoms with E-state index in [1.54, 1.807) is 41.3 Å². The first-order valence-electron chi connectivity index (χ1n) is 5.39. The third kappa shape index (κ3) is 2.27. The molecule has 0 saturated carbocycles. The standard InChI is InChI=1S/C12H8N4O2S/c17-12(18)8-2-1-3-9(6-8)19-11-10-15-14-7-16(10)5-4-13-11/h1-7H,(H,17,18). The Bertz CT molecular complexity index is 756. The van der Waals surface area contributed by atoms with Crippen LogP contribution in [-0.4, -0.2) is 30.7 Å². The Labute approximate surface area is 112 Å². The van der Waals surface area contributed by atoms with Crippen molar-refractivity contribution in [2.45, 2.75) is 9.92 Å². The summed E-state index contributed by atoms with van der Waals surface area (Å²) < 4.78 is 1.76. The van der Waals surface area contributed by atoms with Crippen LogP contribution < -0.4 is 0 Å². The second-order valence-electron chi connectivity index (χ2n) is 3.73. The van der Waals surface area contributed by atoms with E-state index in [-0.39, 0.29) is 5.56 Å². The largest absolute Gasteiger partial charge is 0.478 e. The molecular formula is C12H8N4O2S. The summed E-state index contributed by atoms with van der Waals surface area (Å²) >= 11 is 1.36. The van der Waals surface area contributed by atoms with E-state index in [9.17, 15) is 4.79 Å². The predicted octanol–water partition coefficient (Wildman–Crippen LogP) is 1.97. The van der Waals surface area contributed by atoms with E-state index in [4.69, 9.17) is 5.11 Å². The van der Waals surface area contributed by atoms with Crippen molar-refractivity contribution >= 4 is 23.4 Å². The van der Waals surface area contributed by atoms with E-state index < -0.39 is 5.97 Å². The van der Waals surface area contributed by atoms with Crippen LogP contribution in [0, 0.1) is 0 Å². The van der Waals surface area contributed by atoms with Gasteiger partial charge >= 0.3 is 5.97 Å². The van der Waals surface area contributed by atoms with Crippen LogP contribution in [0.4, 0.5) is 0 Å². The molecule has 0 spiro atoms. The lowest BCUT2D eigenvalue weighted by atomic mass is 10.2. The molecule has 6 nitrogen and oxygen atoms in total. The zero-order valence-electron chi connectivity index (χ0n) is 9.59. The van der Waals surface area contributed by atoms with Crippen LogP contribution in [0.3, 0.4) is 0 Å². The molecular weight excluding hydrogens is 264 g/mol. The molecule has 0 atom stereocenters. The molecule has 0 unspecified atom stereocenters. The molecule has 0 amide bonds. The number of carboxylic acid groups (broad SMARTS) is 1. The Morgan fingerprint density at radius 3 is 3.11 bits per heavy atom. The van der Waals surface area contributed by atoms with Crippen LogP contribution in [0.2, 0.25) is 0 Å². The van der Waals surface area contributed by atoms with Crippen molar-refractivity contribution in [3.8, 4) is 0 Å². The normalized spacial score (nSPS) is 10.7. The van der Waals surface area contributed by atoms with Crippen LogP contribution >= 0.6 is 11.8 Å². The van der Waals surface area contributed by atoms with E-state index in [0.29, 0.717) is 10.7 Å². The van der Waals surface area contributed by atoms with Gasteiger partial charge in [-0.1, -0.05) is 17.8 Å². The number of aromatic carboxylic acids is 1. The van der Waals surface area contributed by atoms with Gasteiger partial charge in [-0.3, -0.25) is 4.40 Å². The summed E-state index contributed by atoms with van der Waals surface area (Å²) in [5, 5.41) is 17.4. The summed E-state index contributed by atoms with van der Waals surface area (Å²) in [6.45, 7) is 0. The smallest absolute Gasteiger partial charge is 0.335 e. The highest BCUT2D eigenvalue weighted by atomic mass is 32.2. The molecule has 2 heterocycles. The second kappa shape index (κ2) is 4.69. The first-order valence-corrected chi connectivity index (χ1v) is 6.21. The SMILES string of the molecule is O=C(O)c1cccc(Sc2nccn3cnnc23)c1. The first kappa shape index (κ1) is 11.7. The summed E-state index contributed by atoms with van der Waals surface area (Å²) in [7, 11) is 0. The predicted molar refractivity (Wildman–Crippen MR) is 68.3 cm³/mol. The molecule has 94 valence electrons. The molecule has 0 radical (unpaired) electrons. The lowest BCUT2D eigenvalue weighted by Gasteiger charge is -2.02. The van der Waals surface area contributed by atoms with E-state index in [2.05, 4.69) is 15.2 Å². The quantitative estimate of drug-likeness (QED) is 0.785. The molecule has 1 N–H and O–H groups in total. The summed E-state index contributed by atoms with van der Waals surface area (Å²) in [5.41, 5.74) is 0.895. The molecule has 0 aliphatic heterocycles. The Hall–Kier alpha value is -2.41. The Kier molecular flexibility index (Phi) is 2.88. The average Bonchev–Trinajstić information content (AvgIpc) is 2.88. The Morgan fingerprint density at radius 1 is 1.37 bits per heavy atom.